The highest BCUT2D eigenvalue weighted by Crippen LogP contribution is 2.18. The molecule has 0 spiro atoms. The van der Waals surface area contributed by atoms with Gasteiger partial charge in [-0.1, -0.05) is 0 Å². The van der Waals surface area contributed by atoms with E-state index in [-0.39, 0.29) is 23.1 Å². The summed E-state index contributed by atoms with van der Waals surface area (Å²) in [6.45, 7) is 1.83. The second-order valence-electron chi connectivity index (χ2n) is 5.12. The third-order valence-corrected chi connectivity index (χ3v) is 3.82. The van der Waals surface area contributed by atoms with Gasteiger partial charge in [-0.25, -0.2) is 4.79 Å². The summed E-state index contributed by atoms with van der Waals surface area (Å²) in [5, 5.41) is 0. The van der Waals surface area contributed by atoms with Gasteiger partial charge in [0.25, 0.3) is 5.56 Å². The molecule has 20 heavy (non-hydrogen) atoms. The molecule has 0 amide bonds. The van der Waals surface area contributed by atoms with Crippen molar-refractivity contribution in [1.82, 2.24) is 14.0 Å². The average molecular weight is 281 g/mol. The van der Waals surface area contributed by atoms with E-state index in [9.17, 15) is 14.4 Å². The Balaban J connectivity index is 2.15. The smallest absolute Gasteiger partial charge is 0.330 e. The molecule has 0 aliphatic carbocycles. The first kappa shape index (κ1) is 14.5. The fourth-order valence-electron chi connectivity index (χ4n) is 2.49. The van der Waals surface area contributed by atoms with Crippen LogP contribution in [-0.2, 0) is 30.2 Å². The van der Waals surface area contributed by atoms with E-state index in [1.807, 2.05) is 0 Å². The Hall–Kier alpha value is -1.89. The summed E-state index contributed by atoms with van der Waals surface area (Å²) in [5.41, 5.74) is 0.00615. The second kappa shape index (κ2) is 5.62. The maximum Gasteiger partial charge on any atom is 0.330 e. The van der Waals surface area contributed by atoms with Gasteiger partial charge in [0.2, 0.25) is 0 Å². The number of ether oxygens (including phenoxy) is 1. The molecule has 0 aromatic carbocycles. The minimum absolute atomic E-state index is 0.122. The largest absolute Gasteiger partial charge is 0.469 e. The van der Waals surface area contributed by atoms with Crippen LogP contribution in [0.2, 0.25) is 0 Å². The number of methoxy groups -OCH3 is 1. The number of rotatable bonds is 3. The molecule has 0 radical (unpaired) electrons. The van der Waals surface area contributed by atoms with Crippen molar-refractivity contribution in [2.75, 3.05) is 20.2 Å². The Morgan fingerprint density at radius 1 is 1.35 bits per heavy atom. The standard InChI is InChI=1S/C13H19N3O4/c1-14-10(6-11(17)15(2)13(14)19)8-16-5-4-9(7-16)12(18)20-3/h6,9H,4-5,7-8H2,1-3H3. The lowest BCUT2D eigenvalue weighted by Gasteiger charge is -2.17. The summed E-state index contributed by atoms with van der Waals surface area (Å²) in [7, 11) is 4.48. The summed E-state index contributed by atoms with van der Waals surface area (Å²) < 4.78 is 7.28. The number of nitrogens with zero attached hydrogens (tertiary/aromatic N) is 3. The first-order valence-corrected chi connectivity index (χ1v) is 6.50. The fraction of sp³-hybridized carbons (Fsp3) is 0.615. The van der Waals surface area contributed by atoms with E-state index in [0.717, 1.165) is 17.5 Å². The highest BCUT2D eigenvalue weighted by atomic mass is 16.5. The van der Waals surface area contributed by atoms with Crippen molar-refractivity contribution in [1.29, 1.82) is 0 Å². The minimum atomic E-state index is -0.337. The zero-order valence-corrected chi connectivity index (χ0v) is 12.0. The van der Waals surface area contributed by atoms with Crippen LogP contribution in [-0.4, -0.2) is 40.2 Å². The van der Waals surface area contributed by atoms with Crippen LogP contribution >= 0.6 is 0 Å². The van der Waals surface area contributed by atoms with Crippen LogP contribution in [0.3, 0.4) is 0 Å². The Morgan fingerprint density at radius 2 is 2.05 bits per heavy atom. The van der Waals surface area contributed by atoms with Gasteiger partial charge in [0.15, 0.2) is 0 Å². The van der Waals surface area contributed by atoms with Gasteiger partial charge in [0.05, 0.1) is 13.0 Å². The van der Waals surface area contributed by atoms with Gasteiger partial charge in [0.1, 0.15) is 0 Å². The van der Waals surface area contributed by atoms with Crippen molar-refractivity contribution in [3.8, 4) is 0 Å². The minimum Gasteiger partial charge on any atom is -0.469 e. The molecule has 7 heteroatoms. The Morgan fingerprint density at radius 3 is 2.70 bits per heavy atom. The molecule has 1 aromatic rings. The predicted octanol–water partition coefficient (Wildman–Crippen LogP) is -0.921. The highest BCUT2D eigenvalue weighted by Gasteiger charge is 2.29. The van der Waals surface area contributed by atoms with E-state index in [1.165, 1.54) is 24.8 Å². The Labute approximate surface area is 116 Å². The number of aromatic nitrogens is 2. The molecule has 0 saturated carbocycles. The van der Waals surface area contributed by atoms with E-state index < -0.39 is 0 Å². The van der Waals surface area contributed by atoms with Crippen LogP contribution in [0, 0.1) is 5.92 Å². The molecular weight excluding hydrogens is 262 g/mol. The monoisotopic (exact) mass is 281 g/mol. The molecule has 110 valence electrons. The number of likely N-dealkylation sites (tertiary alicyclic amines) is 1. The zero-order chi connectivity index (χ0) is 14.9. The highest BCUT2D eigenvalue weighted by molar-refractivity contribution is 5.72. The third kappa shape index (κ3) is 2.67. The average Bonchev–Trinajstić information content (AvgIpc) is 2.90. The molecule has 1 saturated heterocycles. The van der Waals surface area contributed by atoms with Crippen molar-refractivity contribution >= 4 is 5.97 Å². The Bertz CT molecular complexity index is 631. The van der Waals surface area contributed by atoms with Crippen molar-refractivity contribution in [3.63, 3.8) is 0 Å². The van der Waals surface area contributed by atoms with Gasteiger partial charge in [-0.05, 0) is 13.0 Å². The summed E-state index contributed by atoms with van der Waals surface area (Å²) in [4.78, 5) is 37.0. The van der Waals surface area contributed by atoms with Gasteiger partial charge in [-0.3, -0.25) is 23.6 Å². The molecule has 1 atom stereocenters. The summed E-state index contributed by atoms with van der Waals surface area (Å²) in [6, 6.07) is 1.47. The lowest BCUT2D eigenvalue weighted by Crippen LogP contribution is -2.39. The van der Waals surface area contributed by atoms with Gasteiger partial charge in [-0.2, -0.15) is 0 Å². The lowest BCUT2D eigenvalue weighted by atomic mass is 10.1. The molecule has 1 aromatic heterocycles. The predicted molar refractivity (Wildman–Crippen MR) is 72.3 cm³/mol. The van der Waals surface area contributed by atoms with Crippen LogP contribution in [0.15, 0.2) is 15.7 Å². The van der Waals surface area contributed by atoms with E-state index in [0.29, 0.717) is 18.8 Å². The first-order valence-electron chi connectivity index (χ1n) is 6.50. The second-order valence-corrected chi connectivity index (χ2v) is 5.12. The van der Waals surface area contributed by atoms with Gasteiger partial charge in [0, 0.05) is 38.9 Å². The van der Waals surface area contributed by atoms with Crippen LogP contribution < -0.4 is 11.2 Å². The molecule has 0 N–H and O–H groups in total. The third-order valence-electron chi connectivity index (χ3n) is 3.82. The van der Waals surface area contributed by atoms with E-state index in [4.69, 9.17) is 4.74 Å². The van der Waals surface area contributed by atoms with Crippen LogP contribution in [0.5, 0.6) is 0 Å². The van der Waals surface area contributed by atoms with Crippen LogP contribution in [0.1, 0.15) is 12.1 Å². The number of esters is 1. The van der Waals surface area contributed by atoms with Gasteiger partial charge < -0.3 is 4.74 Å². The molecule has 2 rings (SSSR count). The van der Waals surface area contributed by atoms with Crippen molar-refractivity contribution in [2.45, 2.75) is 13.0 Å². The van der Waals surface area contributed by atoms with E-state index in [1.54, 1.807) is 7.05 Å². The summed E-state index contributed by atoms with van der Waals surface area (Å²) >= 11 is 0. The number of carbonyl (C=O) groups is 1. The van der Waals surface area contributed by atoms with Crippen molar-refractivity contribution in [3.05, 3.63) is 32.6 Å². The molecule has 7 nitrogen and oxygen atoms in total. The van der Waals surface area contributed by atoms with Crippen LogP contribution in [0.25, 0.3) is 0 Å². The fourth-order valence-corrected chi connectivity index (χ4v) is 2.49. The number of carbonyl (C=O) groups excluding carboxylic acids is 1. The van der Waals surface area contributed by atoms with Gasteiger partial charge >= 0.3 is 11.7 Å². The molecule has 1 fully saturated rings. The summed E-state index contributed by atoms with van der Waals surface area (Å²) in [5.74, 6) is -0.325. The molecule has 0 bridgehead atoms. The zero-order valence-electron chi connectivity index (χ0n) is 12.0. The van der Waals surface area contributed by atoms with Crippen LogP contribution in [0.4, 0.5) is 0 Å². The lowest BCUT2D eigenvalue weighted by molar-refractivity contribution is -0.144. The first-order chi connectivity index (χ1) is 9.43. The number of hydrogen-bond donors (Lipinski definition) is 0. The molecule has 2 heterocycles. The maximum atomic E-state index is 11.8. The number of hydrogen-bond acceptors (Lipinski definition) is 5. The Kier molecular flexibility index (Phi) is 4.08. The van der Waals surface area contributed by atoms with Crippen molar-refractivity contribution in [2.24, 2.45) is 20.0 Å². The van der Waals surface area contributed by atoms with E-state index >= 15 is 0 Å². The molecule has 1 aliphatic heterocycles. The van der Waals surface area contributed by atoms with Gasteiger partial charge in [-0.15, -0.1) is 0 Å². The van der Waals surface area contributed by atoms with E-state index in [2.05, 4.69) is 4.90 Å². The maximum absolute atomic E-state index is 11.8. The summed E-state index contributed by atoms with van der Waals surface area (Å²) in [6.07, 6.45) is 0.742. The normalized spacial score (nSPS) is 19.2. The molecule has 1 unspecified atom stereocenters. The molecular formula is C13H19N3O4. The topological polar surface area (TPSA) is 73.5 Å². The van der Waals surface area contributed by atoms with Crippen molar-refractivity contribution < 1.29 is 9.53 Å². The quantitative estimate of drug-likeness (QED) is 0.670. The molecule has 1 aliphatic rings. The SMILES string of the molecule is COC(=O)C1CCN(Cc2cc(=O)n(C)c(=O)n2C)C1.